The fourth-order valence-electron chi connectivity index (χ4n) is 1.78. The van der Waals surface area contributed by atoms with Crippen LogP contribution in [0.5, 0.6) is 5.75 Å². The van der Waals surface area contributed by atoms with Crippen molar-refractivity contribution in [3.05, 3.63) is 59.9 Å². The average molecular weight is 286 g/mol. The molecule has 1 amide bonds. The van der Waals surface area contributed by atoms with E-state index in [9.17, 15) is 9.18 Å². The molecule has 0 heterocycles. The van der Waals surface area contributed by atoms with Gasteiger partial charge in [-0.2, -0.15) is 0 Å². The second-order valence-corrected chi connectivity index (χ2v) is 4.34. The largest absolute Gasteiger partial charge is 0.494 e. The lowest BCUT2D eigenvalue weighted by Crippen LogP contribution is -2.09. The van der Waals surface area contributed by atoms with Crippen LogP contribution in [0.1, 0.15) is 5.56 Å². The van der Waals surface area contributed by atoms with Gasteiger partial charge in [-0.15, -0.1) is 0 Å². The summed E-state index contributed by atoms with van der Waals surface area (Å²) >= 11 is 0. The lowest BCUT2D eigenvalue weighted by molar-refractivity contribution is -0.111. The van der Waals surface area contributed by atoms with Gasteiger partial charge < -0.3 is 15.8 Å². The van der Waals surface area contributed by atoms with E-state index in [-0.39, 0.29) is 11.7 Å². The summed E-state index contributed by atoms with van der Waals surface area (Å²) in [7, 11) is 1.41. The van der Waals surface area contributed by atoms with Gasteiger partial charge in [-0.05, 0) is 35.9 Å². The molecule has 0 radical (unpaired) electrons. The Balaban J connectivity index is 2.08. The molecule has 108 valence electrons. The normalized spacial score (nSPS) is 10.6. The van der Waals surface area contributed by atoms with Crippen LogP contribution in [0.25, 0.3) is 6.08 Å². The van der Waals surface area contributed by atoms with E-state index in [1.807, 2.05) is 6.07 Å². The highest BCUT2D eigenvalue weighted by Crippen LogP contribution is 2.24. The third-order valence-electron chi connectivity index (χ3n) is 2.76. The summed E-state index contributed by atoms with van der Waals surface area (Å²) < 4.78 is 18.1. The third kappa shape index (κ3) is 4.07. The maximum absolute atomic E-state index is 13.1. The topological polar surface area (TPSA) is 64.3 Å². The molecule has 0 aliphatic heterocycles. The van der Waals surface area contributed by atoms with Crippen LogP contribution in [0.4, 0.5) is 15.8 Å². The number of ether oxygens (including phenoxy) is 1. The van der Waals surface area contributed by atoms with Gasteiger partial charge in [0.15, 0.2) is 0 Å². The minimum absolute atomic E-state index is 0.265. The third-order valence-corrected chi connectivity index (χ3v) is 2.76. The van der Waals surface area contributed by atoms with Gasteiger partial charge in [-0.25, -0.2) is 4.39 Å². The predicted octanol–water partition coefficient (Wildman–Crippen LogP) is 3.07. The number of halogens is 1. The fourth-order valence-corrected chi connectivity index (χ4v) is 1.78. The molecular weight excluding hydrogens is 271 g/mol. The van der Waals surface area contributed by atoms with Gasteiger partial charge in [0.1, 0.15) is 11.6 Å². The molecule has 0 atom stereocenters. The summed E-state index contributed by atoms with van der Waals surface area (Å²) in [5.74, 6) is -0.511. The van der Waals surface area contributed by atoms with Crippen molar-refractivity contribution in [3.8, 4) is 5.75 Å². The highest BCUT2D eigenvalue weighted by molar-refractivity contribution is 6.02. The molecule has 2 aromatic rings. The second-order valence-electron chi connectivity index (χ2n) is 4.34. The summed E-state index contributed by atoms with van der Waals surface area (Å²) in [6.45, 7) is 0. The van der Waals surface area contributed by atoms with Gasteiger partial charge in [0, 0.05) is 17.8 Å². The molecule has 0 saturated carbocycles. The van der Waals surface area contributed by atoms with Crippen LogP contribution < -0.4 is 15.8 Å². The maximum Gasteiger partial charge on any atom is 0.248 e. The average Bonchev–Trinajstić information content (AvgIpc) is 2.47. The first kappa shape index (κ1) is 14.6. The molecule has 0 unspecified atom stereocenters. The Morgan fingerprint density at radius 3 is 2.81 bits per heavy atom. The smallest absolute Gasteiger partial charge is 0.248 e. The molecule has 2 aromatic carbocycles. The van der Waals surface area contributed by atoms with E-state index < -0.39 is 5.82 Å². The Hall–Kier alpha value is -2.82. The molecule has 0 spiro atoms. The minimum atomic E-state index is -0.430. The van der Waals surface area contributed by atoms with E-state index in [4.69, 9.17) is 10.5 Å². The second kappa shape index (κ2) is 6.56. The number of hydrogen-bond donors (Lipinski definition) is 2. The summed E-state index contributed by atoms with van der Waals surface area (Å²) in [5, 5.41) is 2.62. The molecule has 0 saturated heterocycles. The van der Waals surface area contributed by atoms with E-state index in [0.29, 0.717) is 11.4 Å². The first-order valence-electron chi connectivity index (χ1n) is 6.26. The number of anilines is 2. The Labute approximate surface area is 122 Å². The van der Waals surface area contributed by atoms with E-state index in [1.54, 1.807) is 24.3 Å². The summed E-state index contributed by atoms with van der Waals surface area (Å²) in [5.41, 5.74) is 7.50. The number of rotatable bonds is 4. The molecule has 0 bridgehead atoms. The zero-order valence-corrected chi connectivity index (χ0v) is 11.5. The first-order chi connectivity index (χ1) is 10.1. The van der Waals surface area contributed by atoms with E-state index in [1.165, 1.54) is 31.4 Å². The van der Waals surface area contributed by atoms with Gasteiger partial charge in [-0.3, -0.25) is 4.79 Å². The monoisotopic (exact) mass is 286 g/mol. The molecule has 0 aliphatic carbocycles. The van der Waals surface area contributed by atoms with Crippen LogP contribution in [-0.2, 0) is 4.79 Å². The summed E-state index contributed by atoms with van der Waals surface area (Å²) in [6.07, 6.45) is 3.01. The Morgan fingerprint density at radius 1 is 1.29 bits per heavy atom. The van der Waals surface area contributed by atoms with Crippen LogP contribution >= 0.6 is 0 Å². The lowest BCUT2D eigenvalue weighted by atomic mass is 10.2. The van der Waals surface area contributed by atoms with E-state index in [0.717, 1.165) is 5.56 Å². The fraction of sp³-hybridized carbons (Fsp3) is 0.0625. The van der Waals surface area contributed by atoms with Crippen molar-refractivity contribution >= 4 is 23.4 Å². The van der Waals surface area contributed by atoms with Crippen molar-refractivity contribution in [2.75, 3.05) is 18.2 Å². The number of nitrogens with two attached hydrogens (primary N) is 1. The molecule has 21 heavy (non-hydrogen) atoms. The van der Waals surface area contributed by atoms with Gasteiger partial charge in [0.2, 0.25) is 5.91 Å². The van der Waals surface area contributed by atoms with E-state index >= 15 is 0 Å². The molecule has 4 nitrogen and oxygen atoms in total. The zero-order chi connectivity index (χ0) is 15.2. The molecule has 5 heteroatoms. The van der Waals surface area contributed by atoms with Crippen LogP contribution in [0, 0.1) is 5.82 Å². The van der Waals surface area contributed by atoms with Crippen molar-refractivity contribution in [2.45, 2.75) is 0 Å². The van der Waals surface area contributed by atoms with Crippen molar-refractivity contribution < 1.29 is 13.9 Å². The highest BCUT2D eigenvalue weighted by atomic mass is 19.1. The van der Waals surface area contributed by atoms with Crippen molar-refractivity contribution in [3.63, 3.8) is 0 Å². The highest BCUT2D eigenvalue weighted by Gasteiger charge is 2.06. The number of nitrogen functional groups attached to an aromatic ring is 1. The Morgan fingerprint density at radius 2 is 2.10 bits per heavy atom. The standard InChI is InChI=1S/C16H15FN2O2/c1-21-15-10-12(17)6-7-14(15)19-16(20)8-5-11-3-2-4-13(18)9-11/h2-10H,18H2,1H3,(H,19,20)/b8-5+. The van der Waals surface area contributed by atoms with Crippen LogP contribution in [-0.4, -0.2) is 13.0 Å². The SMILES string of the molecule is COc1cc(F)ccc1NC(=O)/C=C/c1cccc(N)c1. The predicted molar refractivity (Wildman–Crippen MR) is 81.5 cm³/mol. The molecular formula is C16H15FN2O2. The summed E-state index contributed by atoms with van der Waals surface area (Å²) in [6, 6.07) is 11.1. The van der Waals surface area contributed by atoms with Crippen molar-refractivity contribution in [1.82, 2.24) is 0 Å². The first-order valence-corrected chi connectivity index (χ1v) is 6.26. The number of methoxy groups -OCH3 is 1. The molecule has 3 N–H and O–H groups in total. The van der Waals surface area contributed by atoms with Gasteiger partial charge in [0.05, 0.1) is 12.8 Å². The quantitative estimate of drug-likeness (QED) is 0.670. The number of amides is 1. The zero-order valence-electron chi connectivity index (χ0n) is 11.5. The van der Waals surface area contributed by atoms with Crippen molar-refractivity contribution in [2.24, 2.45) is 0 Å². The molecule has 0 fully saturated rings. The van der Waals surface area contributed by atoms with Gasteiger partial charge >= 0.3 is 0 Å². The van der Waals surface area contributed by atoms with Crippen LogP contribution in [0.3, 0.4) is 0 Å². The number of carbonyl (C=O) groups is 1. The molecule has 2 rings (SSSR count). The number of nitrogens with one attached hydrogen (secondary N) is 1. The number of hydrogen-bond acceptors (Lipinski definition) is 3. The summed E-state index contributed by atoms with van der Waals surface area (Å²) in [4.78, 5) is 11.8. The maximum atomic E-state index is 13.1. The van der Waals surface area contributed by atoms with Gasteiger partial charge in [-0.1, -0.05) is 12.1 Å². The Kier molecular flexibility index (Phi) is 4.56. The number of benzene rings is 2. The minimum Gasteiger partial charge on any atom is -0.494 e. The molecule has 0 aliphatic rings. The Bertz CT molecular complexity index is 684. The number of carbonyl (C=O) groups excluding carboxylic acids is 1. The van der Waals surface area contributed by atoms with Crippen LogP contribution in [0.15, 0.2) is 48.5 Å². The molecule has 0 aromatic heterocycles. The van der Waals surface area contributed by atoms with Gasteiger partial charge in [0.25, 0.3) is 0 Å². The lowest BCUT2D eigenvalue weighted by Gasteiger charge is -2.08. The van der Waals surface area contributed by atoms with E-state index in [2.05, 4.69) is 5.32 Å². The van der Waals surface area contributed by atoms with Crippen LogP contribution in [0.2, 0.25) is 0 Å². The van der Waals surface area contributed by atoms with Crippen molar-refractivity contribution in [1.29, 1.82) is 0 Å².